The number of benzene rings is 1. The molecule has 0 radical (unpaired) electrons. The predicted octanol–water partition coefficient (Wildman–Crippen LogP) is 3.78. The summed E-state index contributed by atoms with van der Waals surface area (Å²) in [6, 6.07) is 11.0. The molecule has 2 N–H and O–H groups in total. The lowest BCUT2D eigenvalue weighted by Gasteiger charge is -2.08. The zero-order valence-electron chi connectivity index (χ0n) is 10.9. The third kappa shape index (κ3) is 4.40. The van der Waals surface area contributed by atoms with Crippen LogP contribution in [0.1, 0.15) is 11.8 Å². The van der Waals surface area contributed by atoms with E-state index in [2.05, 4.69) is 10.0 Å². The molecule has 1 heterocycles. The van der Waals surface area contributed by atoms with Crippen LogP contribution in [0.4, 0.5) is 11.4 Å². The monoisotopic (exact) mass is 330 g/mol. The van der Waals surface area contributed by atoms with Crippen molar-refractivity contribution in [1.82, 2.24) is 0 Å². The Bertz CT molecular complexity index is 666. The van der Waals surface area contributed by atoms with Crippen molar-refractivity contribution in [3.05, 3.63) is 45.6 Å². The molecular weight excluding hydrogens is 316 g/mol. The highest BCUT2D eigenvalue weighted by atomic mass is 35.5. The molecule has 20 heavy (non-hydrogen) atoms. The molecule has 0 aliphatic carbocycles. The Morgan fingerprint density at radius 2 is 1.75 bits per heavy atom. The SMILES string of the molecule is CCS(=O)(=O)Nc1ccc(NCc2ccc(Cl)s2)cc1. The summed E-state index contributed by atoms with van der Waals surface area (Å²) >= 11 is 7.40. The van der Waals surface area contributed by atoms with E-state index in [0.717, 1.165) is 14.9 Å². The van der Waals surface area contributed by atoms with Crippen LogP contribution in [0.15, 0.2) is 36.4 Å². The molecule has 0 atom stereocenters. The second-order valence-corrected chi connectivity index (χ2v) is 7.95. The molecular formula is C13H15ClN2O2S2. The van der Waals surface area contributed by atoms with Crippen molar-refractivity contribution in [1.29, 1.82) is 0 Å². The van der Waals surface area contributed by atoms with E-state index in [1.165, 1.54) is 11.3 Å². The van der Waals surface area contributed by atoms with Gasteiger partial charge >= 0.3 is 0 Å². The van der Waals surface area contributed by atoms with Crippen LogP contribution >= 0.6 is 22.9 Å². The smallest absolute Gasteiger partial charge is 0.232 e. The Kier molecular flexibility index (Phi) is 4.91. The summed E-state index contributed by atoms with van der Waals surface area (Å²) in [5, 5.41) is 3.25. The summed E-state index contributed by atoms with van der Waals surface area (Å²) in [7, 11) is -3.22. The molecule has 0 saturated heterocycles. The molecule has 2 aromatic rings. The average Bonchev–Trinajstić information content (AvgIpc) is 2.83. The molecule has 0 aliphatic rings. The first-order valence-electron chi connectivity index (χ1n) is 6.07. The molecule has 0 saturated carbocycles. The maximum atomic E-state index is 11.4. The zero-order valence-corrected chi connectivity index (χ0v) is 13.3. The minimum Gasteiger partial charge on any atom is -0.380 e. The van der Waals surface area contributed by atoms with Crippen LogP contribution in [0.2, 0.25) is 4.34 Å². The molecule has 0 bridgehead atoms. The molecule has 2 rings (SSSR count). The van der Waals surface area contributed by atoms with E-state index in [1.807, 2.05) is 24.3 Å². The van der Waals surface area contributed by atoms with Gasteiger partial charge in [-0.3, -0.25) is 4.72 Å². The van der Waals surface area contributed by atoms with E-state index >= 15 is 0 Å². The fourth-order valence-corrected chi connectivity index (χ4v) is 3.21. The molecule has 1 aromatic carbocycles. The van der Waals surface area contributed by atoms with Crippen LogP contribution < -0.4 is 10.0 Å². The fourth-order valence-electron chi connectivity index (χ4n) is 1.54. The summed E-state index contributed by atoms with van der Waals surface area (Å²) in [4.78, 5) is 1.14. The number of hydrogen-bond donors (Lipinski definition) is 2. The van der Waals surface area contributed by atoms with Crippen molar-refractivity contribution in [2.75, 3.05) is 15.8 Å². The highest BCUT2D eigenvalue weighted by molar-refractivity contribution is 7.92. The molecule has 0 amide bonds. The van der Waals surface area contributed by atoms with Crippen LogP contribution in [0.5, 0.6) is 0 Å². The van der Waals surface area contributed by atoms with Gasteiger partial charge in [0, 0.05) is 22.8 Å². The largest absolute Gasteiger partial charge is 0.380 e. The van der Waals surface area contributed by atoms with Crippen molar-refractivity contribution < 1.29 is 8.42 Å². The highest BCUT2D eigenvalue weighted by Crippen LogP contribution is 2.22. The lowest BCUT2D eigenvalue weighted by atomic mass is 10.3. The Hall–Kier alpha value is -1.24. The average molecular weight is 331 g/mol. The number of anilines is 2. The Balaban J connectivity index is 1.94. The second kappa shape index (κ2) is 6.47. The third-order valence-corrected chi connectivity index (χ3v) is 5.17. The predicted molar refractivity (Wildman–Crippen MR) is 86.2 cm³/mol. The molecule has 1 aromatic heterocycles. The van der Waals surface area contributed by atoms with Crippen molar-refractivity contribution in [3.8, 4) is 0 Å². The van der Waals surface area contributed by atoms with Gasteiger partial charge in [-0.1, -0.05) is 11.6 Å². The first-order chi connectivity index (χ1) is 9.48. The van der Waals surface area contributed by atoms with Gasteiger partial charge in [0.2, 0.25) is 10.0 Å². The van der Waals surface area contributed by atoms with E-state index in [0.29, 0.717) is 12.2 Å². The molecule has 7 heteroatoms. The van der Waals surface area contributed by atoms with Crippen molar-refractivity contribution in [3.63, 3.8) is 0 Å². The van der Waals surface area contributed by atoms with Gasteiger partial charge in [-0.05, 0) is 43.3 Å². The summed E-state index contributed by atoms with van der Waals surface area (Å²) < 4.78 is 26.1. The van der Waals surface area contributed by atoms with Crippen LogP contribution in [0.25, 0.3) is 0 Å². The molecule has 0 fully saturated rings. The van der Waals surface area contributed by atoms with Crippen molar-refractivity contribution in [2.24, 2.45) is 0 Å². The maximum Gasteiger partial charge on any atom is 0.232 e. The lowest BCUT2D eigenvalue weighted by molar-refractivity contribution is 0.602. The minimum absolute atomic E-state index is 0.0616. The van der Waals surface area contributed by atoms with E-state index in [4.69, 9.17) is 11.6 Å². The van der Waals surface area contributed by atoms with Crippen LogP contribution in [-0.4, -0.2) is 14.2 Å². The van der Waals surface area contributed by atoms with Crippen molar-refractivity contribution in [2.45, 2.75) is 13.5 Å². The Morgan fingerprint density at radius 1 is 1.10 bits per heavy atom. The summed E-state index contributed by atoms with van der Waals surface area (Å²) in [5.41, 5.74) is 1.49. The Labute approximate surface area is 127 Å². The van der Waals surface area contributed by atoms with Crippen LogP contribution in [0.3, 0.4) is 0 Å². The van der Waals surface area contributed by atoms with Gasteiger partial charge in [0.25, 0.3) is 0 Å². The van der Waals surface area contributed by atoms with E-state index < -0.39 is 10.0 Å². The maximum absolute atomic E-state index is 11.4. The van der Waals surface area contributed by atoms with Gasteiger partial charge in [0.15, 0.2) is 0 Å². The van der Waals surface area contributed by atoms with Gasteiger partial charge in [0.05, 0.1) is 10.1 Å². The fraction of sp³-hybridized carbons (Fsp3) is 0.231. The van der Waals surface area contributed by atoms with Gasteiger partial charge in [-0.15, -0.1) is 11.3 Å². The van der Waals surface area contributed by atoms with E-state index in [1.54, 1.807) is 19.1 Å². The van der Waals surface area contributed by atoms with E-state index in [-0.39, 0.29) is 5.75 Å². The molecule has 0 spiro atoms. The number of hydrogen-bond acceptors (Lipinski definition) is 4. The first-order valence-corrected chi connectivity index (χ1v) is 8.92. The normalized spacial score (nSPS) is 11.3. The number of sulfonamides is 1. The number of halogens is 1. The number of nitrogens with one attached hydrogen (secondary N) is 2. The molecule has 108 valence electrons. The summed E-state index contributed by atoms with van der Waals surface area (Å²) in [6.07, 6.45) is 0. The summed E-state index contributed by atoms with van der Waals surface area (Å²) in [5.74, 6) is 0.0616. The lowest BCUT2D eigenvalue weighted by Crippen LogP contribution is -2.14. The minimum atomic E-state index is -3.22. The molecule has 0 unspecified atom stereocenters. The highest BCUT2D eigenvalue weighted by Gasteiger charge is 2.06. The molecule has 4 nitrogen and oxygen atoms in total. The quantitative estimate of drug-likeness (QED) is 0.847. The van der Waals surface area contributed by atoms with Gasteiger partial charge < -0.3 is 5.32 Å². The zero-order chi connectivity index (χ0) is 14.6. The number of rotatable bonds is 6. The van der Waals surface area contributed by atoms with E-state index in [9.17, 15) is 8.42 Å². The first kappa shape index (κ1) is 15.2. The summed E-state index contributed by atoms with van der Waals surface area (Å²) in [6.45, 7) is 2.29. The van der Waals surface area contributed by atoms with Crippen molar-refractivity contribution >= 4 is 44.3 Å². The van der Waals surface area contributed by atoms with Crippen LogP contribution in [0, 0.1) is 0 Å². The topological polar surface area (TPSA) is 58.2 Å². The third-order valence-electron chi connectivity index (χ3n) is 2.63. The second-order valence-electron chi connectivity index (χ2n) is 4.14. The molecule has 0 aliphatic heterocycles. The van der Waals surface area contributed by atoms with Gasteiger partial charge in [0.1, 0.15) is 0 Å². The number of thiophene rings is 1. The van der Waals surface area contributed by atoms with Gasteiger partial charge in [-0.25, -0.2) is 8.42 Å². The Morgan fingerprint density at radius 3 is 2.30 bits per heavy atom. The standard InChI is InChI=1S/C13H15ClN2O2S2/c1-2-20(17,18)16-11-5-3-10(4-6-11)15-9-12-7-8-13(14)19-12/h3-8,15-16H,2,9H2,1H3. The van der Waals surface area contributed by atoms with Crippen LogP contribution in [-0.2, 0) is 16.6 Å². The van der Waals surface area contributed by atoms with Gasteiger partial charge in [-0.2, -0.15) is 0 Å².